The molecule has 0 radical (unpaired) electrons. The third kappa shape index (κ3) is 2.94. The smallest absolute Gasteiger partial charge is 0.124 e. The van der Waals surface area contributed by atoms with Crippen LogP contribution in [0.15, 0.2) is 35.4 Å². The van der Waals surface area contributed by atoms with E-state index in [1.54, 1.807) is 0 Å². The van der Waals surface area contributed by atoms with Crippen LogP contribution < -0.4 is 10.1 Å². The van der Waals surface area contributed by atoms with Gasteiger partial charge >= 0.3 is 0 Å². The van der Waals surface area contributed by atoms with Crippen molar-refractivity contribution in [2.24, 2.45) is 7.05 Å². The minimum atomic E-state index is 0.306. The largest absolute Gasteiger partial charge is 0.492 e. The number of aryl methyl sites for hydroxylation is 2. The number of benzene rings is 1. The maximum Gasteiger partial charge on any atom is 0.124 e. The SMILES string of the molecule is CCNC1c2ccccc2OCC1Sc1cc(C)nn1C. The van der Waals surface area contributed by atoms with E-state index in [1.807, 2.05) is 36.5 Å². The highest BCUT2D eigenvalue weighted by Crippen LogP contribution is 2.39. The first-order valence-electron chi connectivity index (χ1n) is 7.31. The fraction of sp³-hybridized carbons (Fsp3) is 0.438. The number of hydrogen-bond donors (Lipinski definition) is 1. The van der Waals surface area contributed by atoms with Gasteiger partial charge in [0, 0.05) is 12.6 Å². The quantitative estimate of drug-likeness (QED) is 0.942. The lowest BCUT2D eigenvalue weighted by molar-refractivity contribution is 0.261. The van der Waals surface area contributed by atoms with Crippen molar-refractivity contribution in [3.05, 3.63) is 41.6 Å². The molecule has 2 heterocycles. The number of rotatable bonds is 4. The van der Waals surface area contributed by atoms with Gasteiger partial charge in [-0.1, -0.05) is 36.9 Å². The zero-order valence-corrected chi connectivity index (χ0v) is 13.5. The van der Waals surface area contributed by atoms with Gasteiger partial charge in [0.15, 0.2) is 0 Å². The zero-order valence-electron chi connectivity index (χ0n) is 12.7. The highest BCUT2D eigenvalue weighted by molar-refractivity contribution is 8.00. The molecule has 0 bridgehead atoms. The van der Waals surface area contributed by atoms with E-state index in [0.717, 1.165) is 18.0 Å². The molecule has 0 saturated carbocycles. The molecule has 2 aromatic rings. The van der Waals surface area contributed by atoms with Crippen molar-refractivity contribution in [2.45, 2.75) is 30.2 Å². The summed E-state index contributed by atoms with van der Waals surface area (Å²) in [5.41, 5.74) is 2.30. The molecule has 1 N–H and O–H groups in total. The number of nitrogens with one attached hydrogen (secondary N) is 1. The molecule has 0 amide bonds. The molecule has 1 aromatic carbocycles. The van der Waals surface area contributed by atoms with Crippen LogP contribution in [0.3, 0.4) is 0 Å². The van der Waals surface area contributed by atoms with Crippen molar-refractivity contribution >= 4 is 11.8 Å². The van der Waals surface area contributed by atoms with Gasteiger partial charge in [-0.2, -0.15) is 5.10 Å². The van der Waals surface area contributed by atoms with Crippen molar-refractivity contribution in [1.29, 1.82) is 0 Å². The van der Waals surface area contributed by atoms with Gasteiger partial charge < -0.3 is 10.1 Å². The number of hydrogen-bond acceptors (Lipinski definition) is 4. The van der Waals surface area contributed by atoms with Crippen molar-refractivity contribution in [2.75, 3.05) is 13.2 Å². The summed E-state index contributed by atoms with van der Waals surface area (Å²) >= 11 is 1.84. The Morgan fingerprint density at radius 2 is 2.24 bits per heavy atom. The van der Waals surface area contributed by atoms with Crippen LogP contribution in [0, 0.1) is 6.92 Å². The van der Waals surface area contributed by atoms with E-state index < -0.39 is 0 Å². The van der Waals surface area contributed by atoms with Crippen molar-refractivity contribution in [3.63, 3.8) is 0 Å². The molecular formula is C16H21N3OS. The van der Waals surface area contributed by atoms with E-state index in [9.17, 15) is 0 Å². The predicted octanol–water partition coefficient (Wildman–Crippen LogP) is 2.93. The first-order valence-corrected chi connectivity index (χ1v) is 8.19. The van der Waals surface area contributed by atoms with E-state index in [4.69, 9.17) is 4.74 Å². The van der Waals surface area contributed by atoms with Crippen LogP contribution in [0.1, 0.15) is 24.2 Å². The molecule has 112 valence electrons. The Bertz CT molecular complexity index is 626. The Balaban J connectivity index is 1.86. The number of nitrogens with zero attached hydrogens (tertiary/aromatic N) is 2. The Hall–Kier alpha value is -1.46. The summed E-state index contributed by atoms with van der Waals surface area (Å²) < 4.78 is 7.89. The average Bonchev–Trinajstić information content (AvgIpc) is 2.79. The molecule has 1 aromatic heterocycles. The molecule has 0 fully saturated rings. The van der Waals surface area contributed by atoms with E-state index in [2.05, 4.69) is 41.6 Å². The second-order valence-electron chi connectivity index (χ2n) is 5.29. The number of fused-ring (bicyclic) bond motifs is 1. The number of para-hydroxylation sites is 1. The molecular weight excluding hydrogens is 282 g/mol. The average molecular weight is 303 g/mol. The molecule has 2 unspecified atom stereocenters. The summed E-state index contributed by atoms with van der Waals surface area (Å²) in [5, 5.41) is 9.56. The number of aromatic nitrogens is 2. The van der Waals surface area contributed by atoms with Gasteiger partial charge in [0.25, 0.3) is 0 Å². The zero-order chi connectivity index (χ0) is 14.8. The van der Waals surface area contributed by atoms with Gasteiger partial charge in [0.2, 0.25) is 0 Å². The molecule has 0 aliphatic carbocycles. The summed E-state index contributed by atoms with van der Waals surface area (Å²) in [5.74, 6) is 1.00. The van der Waals surface area contributed by atoms with E-state index >= 15 is 0 Å². The standard InChI is InChI=1S/C16H21N3OS/c1-4-17-16-12-7-5-6-8-13(12)20-10-14(16)21-15-9-11(2)18-19(15)3/h5-9,14,16-17H,4,10H2,1-3H3. The highest BCUT2D eigenvalue weighted by atomic mass is 32.2. The maximum atomic E-state index is 5.94. The van der Waals surface area contributed by atoms with Crippen molar-refractivity contribution in [3.8, 4) is 5.75 Å². The first-order chi connectivity index (χ1) is 10.2. The topological polar surface area (TPSA) is 39.1 Å². The summed E-state index contributed by atoms with van der Waals surface area (Å²) in [6.45, 7) is 5.83. The van der Waals surface area contributed by atoms with Gasteiger partial charge in [-0.3, -0.25) is 4.68 Å². The first kappa shape index (κ1) is 14.5. The van der Waals surface area contributed by atoms with E-state index in [-0.39, 0.29) is 0 Å². The van der Waals surface area contributed by atoms with Gasteiger partial charge in [0.05, 0.1) is 22.0 Å². The fourth-order valence-electron chi connectivity index (χ4n) is 2.75. The molecule has 0 saturated heterocycles. The summed E-state index contributed by atoms with van der Waals surface area (Å²) in [6.07, 6.45) is 0. The third-order valence-corrected chi connectivity index (χ3v) is 5.02. The predicted molar refractivity (Wildman–Crippen MR) is 85.9 cm³/mol. The molecule has 2 atom stereocenters. The molecule has 5 heteroatoms. The Kier molecular flexibility index (Phi) is 4.22. The lowest BCUT2D eigenvalue weighted by Gasteiger charge is -2.33. The van der Waals surface area contributed by atoms with E-state index in [0.29, 0.717) is 17.9 Å². The van der Waals surface area contributed by atoms with Crippen molar-refractivity contribution in [1.82, 2.24) is 15.1 Å². The lowest BCUT2D eigenvalue weighted by atomic mass is 10.0. The Morgan fingerprint density at radius 1 is 1.43 bits per heavy atom. The second-order valence-corrected chi connectivity index (χ2v) is 6.55. The summed E-state index contributed by atoms with van der Waals surface area (Å²) in [7, 11) is 2.00. The van der Waals surface area contributed by atoms with Gasteiger partial charge in [-0.25, -0.2) is 0 Å². The van der Waals surface area contributed by atoms with Gasteiger partial charge in [0.1, 0.15) is 12.4 Å². The van der Waals surface area contributed by atoms with E-state index in [1.165, 1.54) is 10.6 Å². The van der Waals surface area contributed by atoms with Crippen LogP contribution in [-0.4, -0.2) is 28.2 Å². The number of ether oxygens (including phenoxy) is 1. The molecule has 3 rings (SSSR count). The van der Waals surface area contributed by atoms with Gasteiger partial charge in [-0.15, -0.1) is 0 Å². The van der Waals surface area contributed by atoms with Crippen LogP contribution in [0.4, 0.5) is 0 Å². The molecule has 21 heavy (non-hydrogen) atoms. The maximum absolute atomic E-state index is 5.94. The van der Waals surface area contributed by atoms with Crippen LogP contribution in [0.25, 0.3) is 0 Å². The molecule has 1 aliphatic heterocycles. The number of thioether (sulfide) groups is 1. The second kappa shape index (κ2) is 6.12. The normalized spacial score (nSPS) is 20.9. The fourth-order valence-corrected chi connectivity index (χ4v) is 4.01. The van der Waals surface area contributed by atoms with Crippen LogP contribution >= 0.6 is 11.8 Å². The minimum Gasteiger partial charge on any atom is -0.492 e. The molecule has 4 nitrogen and oxygen atoms in total. The third-order valence-electron chi connectivity index (χ3n) is 3.68. The van der Waals surface area contributed by atoms with Crippen LogP contribution in [0.5, 0.6) is 5.75 Å². The molecule has 1 aliphatic rings. The lowest BCUT2D eigenvalue weighted by Crippen LogP contribution is -2.37. The van der Waals surface area contributed by atoms with Gasteiger partial charge in [-0.05, 0) is 25.6 Å². The Morgan fingerprint density at radius 3 is 2.95 bits per heavy atom. The Labute approximate surface area is 129 Å². The highest BCUT2D eigenvalue weighted by Gasteiger charge is 2.31. The van der Waals surface area contributed by atoms with Crippen LogP contribution in [0.2, 0.25) is 0 Å². The van der Waals surface area contributed by atoms with Crippen molar-refractivity contribution < 1.29 is 4.74 Å². The summed E-state index contributed by atoms with van der Waals surface area (Å²) in [6, 6.07) is 10.8. The minimum absolute atomic E-state index is 0.306. The summed E-state index contributed by atoms with van der Waals surface area (Å²) in [4.78, 5) is 0. The molecule has 0 spiro atoms. The van der Waals surface area contributed by atoms with Crippen LogP contribution in [-0.2, 0) is 7.05 Å². The monoisotopic (exact) mass is 303 g/mol.